The van der Waals surface area contributed by atoms with E-state index < -0.39 is 368 Å². The number of carbonyl (C=O) groups excluding carboxylic acids is 1. The summed E-state index contributed by atoms with van der Waals surface area (Å²) in [7, 11) is 0. The van der Waals surface area contributed by atoms with Crippen LogP contribution in [0, 0.1) is 17.8 Å². The van der Waals surface area contributed by atoms with Crippen LogP contribution in [0.25, 0.3) is 0 Å². The minimum absolute atomic E-state index is 0.000980. The maximum atomic E-state index is 13.0. The van der Waals surface area contributed by atoms with Crippen LogP contribution >= 0.6 is 0 Å². The van der Waals surface area contributed by atoms with Crippen molar-refractivity contribution < 1.29 is 197 Å². The average Bonchev–Trinajstić information content (AvgIpc) is 1.73. The zero-order valence-electron chi connectivity index (χ0n) is 78.3. The molecule has 12 rings (SSSR count). The summed E-state index contributed by atoms with van der Waals surface area (Å²) >= 11 is 0. The molecule has 0 spiro atoms. The fourth-order valence-electron chi connectivity index (χ4n) is 19.9. The number of hydrogen-bond donors (Lipinski definition) is 39. The molecule has 9 aliphatic heterocycles. The van der Waals surface area contributed by atoms with Gasteiger partial charge >= 0.3 is 0 Å². The number of Topliss-reactive ketones (excluding diaryl/α,β-unsaturated/α-hetero) is 1. The molecule has 9 saturated heterocycles. The van der Waals surface area contributed by atoms with Crippen molar-refractivity contribution >= 4 is 11.7 Å². The van der Waals surface area contributed by atoms with E-state index in [4.69, 9.17) is 188 Å². The Kier molecular flexibility index (Phi) is 46.8. The van der Waals surface area contributed by atoms with Crippen molar-refractivity contribution in [2.75, 3.05) is 78.8 Å². The van der Waals surface area contributed by atoms with Gasteiger partial charge in [0.25, 0.3) is 0 Å². The lowest BCUT2D eigenvalue weighted by Crippen LogP contribution is -2.64. The maximum Gasteiger partial charge on any atom is 0.187 e. The largest absolute Gasteiger partial charge is 0.396 e. The molecule has 0 amide bonds. The number of guanidine groups is 1. The normalized spacial score (nSPS) is 48.1. The van der Waals surface area contributed by atoms with Gasteiger partial charge < -0.3 is 296 Å². The van der Waals surface area contributed by atoms with Crippen LogP contribution in [-0.4, -0.2) is 522 Å². The van der Waals surface area contributed by atoms with Gasteiger partial charge in [0.2, 0.25) is 0 Å². The third-order valence-corrected chi connectivity index (χ3v) is 28.3. The molecule has 1 unspecified atom stereocenters. The molecule has 12 fully saturated rings. The van der Waals surface area contributed by atoms with E-state index >= 15 is 0 Å². The Labute approximate surface area is 812 Å². The van der Waals surface area contributed by atoms with Gasteiger partial charge in [-0.1, -0.05) is 0 Å². The first-order valence-electron chi connectivity index (χ1n) is 48.0. The number of aliphatic hydroxyl groups excluding tert-OH is 21. The Morgan fingerprint density at radius 1 is 0.305 bits per heavy atom. The number of hydrogen-bond acceptors (Lipinski definition) is 57. The van der Waals surface area contributed by atoms with Crippen LogP contribution < -0.4 is 103 Å². The molecule has 0 aromatic rings. The van der Waals surface area contributed by atoms with Crippen LogP contribution in [0.5, 0.6) is 0 Å². The van der Waals surface area contributed by atoms with Crippen molar-refractivity contribution in [1.29, 1.82) is 0 Å². The number of ether oxygens (including phenoxy) is 18. The third-order valence-electron chi connectivity index (χ3n) is 28.3. The summed E-state index contributed by atoms with van der Waals surface area (Å²) in [6.07, 6.45) is -52.3. The highest BCUT2D eigenvalue weighted by molar-refractivity contribution is 5.83. The Bertz CT molecular complexity index is 3670. The molecule has 0 aromatic heterocycles. The topological polar surface area (TPSA) is 1090 Å². The maximum absolute atomic E-state index is 13.0. The first-order chi connectivity index (χ1) is 66.9. The van der Waals surface area contributed by atoms with E-state index in [-0.39, 0.29) is 116 Å². The number of rotatable bonds is 40. The Balaban J connectivity index is 0.000000218. The summed E-state index contributed by atoms with van der Waals surface area (Å²) < 4.78 is 106. The summed E-state index contributed by atoms with van der Waals surface area (Å²) in [6.45, 7) is -2.55. The summed E-state index contributed by atoms with van der Waals surface area (Å²) in [4.78, 5) is 16.7. The van der Waals surface area contributed by atoms with Crippen molar-refractivity contribution in [2.24, 2.45) is 126 Å². The second-order valence-electron chi connectivity index (χ2n) is 38.4. The molecule has 59 heteroatoms. The first kappa shape index (κ1) is 120. The fourth-order valence-corrected chi connectivity index (χ4v) is 19.9. The third kappa shape index (κ3) is 29.2. The molecule has 141 heavy (non-hydrogen) atoms. The minimum atomic E-state index is -1.67. The zero-order valence-corrected chi connectivity index (χ0v) is 78.3. The van der Waals surface area contributed by atoms with E-state index in [2.05, 4.69) is 4.99 Å². The van der Waals surface area contributed by atoms with Crippen LogP contribution in [0.3, 0.4) is 0 Å². The number of nitrogens with zero attached hydrogens (tertiary/aromatic N) is 1. The van der Waals surface area contributed by atoms with Gasteiger partial charge in [-0.05, 0) is 82.0 Å². The zero-order chi connectivity index (χ0) is 104. The summed E-state index contributed by atoms with van der Waals surface area (Å²) in [5, 5.41) is 221. The molecule has 12 aliphatic rings. The number of nitrogens with two attached hydrogens (primary N) is 18. The number of carbonyl (C=O) groups is 1. The monoisotopic (exact) mass is 2050 g/mol. The van der Waals surface area contributed by atoms with Gasteiger partial charge in [-0.25, -0.2) is 0 Å². The molecule has 0 radical (unpaired) electrons. The van der Waals surface area contributed by atoms with Crippen molar-refractivity contribution in [2.45, 2.75) is 402 Å². The Morgan fingerprint density at radius 3 is 0.872 bits per heavy atom. The number of aliphatic hydroxyl groups is 21. The van der Waals surface area contributed by atoms with E-state index in [0.29, 0.717) is 25.7 Å². The average molecular weight is 2050 g/mol. The highest BCUT2D eigenvalue weighted by Crippen LogP contribution is 2.44. The molecular weight excluding hydrogens is 1890 g/mol. The molecule has 0 bridgehead atoms. The smallest absolute Gasteiger partial charge is 0.187 e. The molecule has 9 heterocycles. The van der Waals surface area contributed by atoms with Crippen molar-refractivity contribution in [3.8, 4) is 0 Å². The van der Waals surface area contributed by atoms with Gasteiger partial charge in [0.15, 0.2) is 68.4 Å². The van der Waals surface area contributed by atoms with E-state index in [1.807, 2.05) is 0 Å². The quantitative estimate of drug-likeness (QED) is 0.0200. The standard InChI is InChI=1S/C29H56N8O14.C27H54N6O13.C26H51N5O13/c30-6-15-14(41)5-11(33)26(46-15)49-23-10(32)3-9(4-13(40)12(39)1-2-37-29(35)36)19(42)25(23)51-28-22(45)24(17(8-38)48-28)50-27-18(34)21(44)20(43)16(7-31)47-27;28-5-10(35)2-1-9-3-11(31)22(44-25-12(32)4-13(36)14(6-29)41-25)24(18(9)37)46-27-21(40)23(16(8-34)43-27)45-26-17(33)20(39)19(38)15(7-30)42-26;27-6-13-12(34)5-11(30)24(39-13)42-21-10(29)4-9(2-1-3-32)17(35)23(21)44-26-20(38)22(15(8-33)41-26)43-25-16(31)19(37)18(36)14(7-28)40-25/h9-12,14-28,38-39,41-45H,1-8,30-34H2,(H4,35,36,37);9-27,34-40H,1-8,28-33H2;9-26,32-38H,1-8,27-31H2/t9-,10-,11+,12-,14-,15+,16-,17+,18+,19-,20+,21+,22+,23+,24+,25+,26+,27+,28-;9-,10?,11+,12-,13+,14-,15+,16-,17-,18+,19-,20-,21-,22-,23-,24-,25-,26-,27+;9-,10+,11-,12+,13-,14+,15-,16-,17+,18-,19-,20-,21-,22-,23-,24-,25-,26+/m011/s1. The van der Waals surface area contributed by atoms with E-state index in [1.54, 1.807) is 0 Å². The van der Waals surface area contributed by atoms with Crippen molar-refractivity contribution in [3.63, 3.8) is 0 Å². The van der Waals surface area contributed by atoms with Gasteiger partial charge in [-0.2, -0.15) is 0 Å². The van der Waals surface area contributed by atoms with Crippen LogP contribution in [-0.2, 0) is 90.1 Å². The van der Waals surface area contributed by atoms with E-state index in [0.717, 1.165) is 0 Å². The Morgan fingerprint density at radius 2 is 0.582 bits per heavy atom. The van der Waals surface area contributed by atoms with Gasteiger partial charge in [-0.15, -0.1) is 0 Å². The highest BCUT2D eigenvalue weighted by Gasteiger charge is 2.60. The first-order valence-corrected chi connectivity index (χ1v) is 48.0. The van der Waals surface area contributed by atoms with Gasteiger partial charge in [0.05, 0.1) is 117 Å². The summed E-state index contributed by atoms with van der Waals surface area (Å²) in [5.41, 5.74) is 107. The minimum Gasteiger partial charge on any atom is -0.396 e. The molecule has 824 valence electrons. The second kappa shape index (κ2) is 55.1. The molecule has 0 aromatic carbocycles. The summed E-state index contributed by atoms with van der Waals surface area (Å²) in [5.74, 6) is -2.60. The Hall–Kier alpha value is -3.26. The van der Waals surface area contributed by atoms with E-state index in [1.165, 1.54) is 0 Å². The lowest BCUT2D eigenvalue weighted by Gasteiger charge is -2.47. The molecule has 57 N–H and O–H groups in total. The molecular formula is C82H161N19O40. The lowest BCUT2D eigenvalue weighted by molar-refractivity contribution is -0.299. The molecule has 59 nitrogen and oxygen atoms in total. The number of ketones is 1. The molecule has 56 atom stereocenters. The van der Waals surface area contributed by atoms with Gasteiger partial charge in [0.1, 0.15) is 153 Å². The fraction of sp³-hybridized carbons (Fsp3) is 0.976. The van der Waals surface area contributed by atoms with Crippen LogP contribution in [0.1, 0.15) is 77.0 Å². The van der Waals surface area contributed by atoms with Gasteiger partial charge in [-0.3, -0.25) is 9.79 Å². The van der Waals surface area contributed by atoms with E-state index in [9.17, 15) is 112 Å². The molecule has 3 aliphatic carbocycles. The summed E-state index contributed by atoms with van der Waals surface area (Å²) in [6, 6.07) is -8.50. The number of aliphatic imine (C=N–C) groups is 1. The lowest BCUT2D eigenvalue weighted by atomic mass is 9.76. The predicted molar refractivity (Wildman–Crippen MR) is 479 cm³/mol. The van der Waals surface area contributed by atoms with Crippen LogP contribution in [0.4, 0.5) is 0 Å². The molecule has 3 saturated carbocycles. The highest BCUT2D eigenvalue weighted by atomic mass is 16.8. The van der Waals surface area contributed by atoms with Gasteiger partial charge in [0, 0.05) is 89.9 Å². The van der Waals surface area contributed by atoms with Crippen LogP contribution in [0.15, 0.2) is 4.99 Å². The SMILES string of the molecule is NCC(O)CC[C@@H]1C[C@H](N)[C@@H](O[C@H]2O[C@H](CN)[C@@H](O)C[C@H]2N)[C@H](O[C@@H]2O[C@H](CO)[C@@H](O[C@H]3O[C@@H](CN)[C@@H](O)[C@H](O)[C@H]3N)[C@H]2O)[C@H]1O.NC[C@@H]1O[C@H](O[C@H]2[C@@H](O)[C@H](O[C@@H]3[C@@H](O)[C@H](CC(=O)[C@@H](O)CCN=C(N)N)C[C@H](N)[C@H]3O[C@H]3O[C@H](CN)[C@@H](O)C[C@H]3N)O[C@@H]2CO)[C@H](N)[C@@H](O)[C@@H]1O.NC[C@@H]1O[C@H](O[C@H]2[C@@H](O)[C@H](O[C@@H]3[C@@H](O)[C@H](CCCO)C[C@H](N)[C@H]3O[C@H]3O[C@H](CN)[C@@H](O)C[C@H]3N)O[C@@H]2CO)[C@H](N)[C@@H](O)[C@@H]1O. The van der Waals surface area contributed by atoms with Crippen LogP contribution in [0.2, 0.25) is 0 Å². The predicted octanol–water partition coefficient (Wildman–Crippen LogP) is -22.9. The van der Waals surface area contributed by atoms with Crippen molar-refractivity contribution in [1.82, 2.24) is 0 Å². The van der Waals surface area contributed by atoms with Crippen molar-refractivity contribution in [3.05, 3.63) is 0 Å². The second-order valence-corrected chi connectivity index (χ2v) is 38.4.